The Labute approximate surface area is 83.5 Å². The first kappa shape index (κ1) is 7.86. The van der Waals surface area contributed by atoms with E-state index in [0.29, 0.717) is 0 Å². The van der Waals surface area contributed by atoms with Crippen molar-refractivity contribution in [1.82, 2.24) is 4.98 Å². The van der Waals surface area contributed by atoms with Crippen molar-refractivity contribution < 1.29 is 0 Å². The fourth-order valence-electron chi connectivity index (χ4n) is 2.29. The molecule has 1 aliphatic rings. The van der Waals surface area contributed by atoms with Gasteiger partial charge in [-0.25, -0.2) is 0 Å². The molecule has 0 saturated heterocycles. The second-order valence-corrected chi connectivity index (χ2v) is 4.26. The number of hydrogen-bond acceptors (Lipinski definition) is 0. The number of aromatic amines is 1. The van der Waals surface area contributed by atoms with Gasteiger partial charge in [0.25, 0.3) is 0 Å². The van der Waals surface area contributed by atoms with Gasteiger partial charge in [-0.1, -0.05) is 11.6 Å². The highest BCUT2D eigenvalue weighted by Crippen LogP contribution is 2.29. The highest BCUT2D eigenvalue weighted by atomic mass is 14.7. The minimum absolute atomic E-state index is 1.12. The van der Waals surface area contributed by atoms with Crippen LogP contribution in [0.25, 0.3) is 17.0 Å². The Bertz CT molecular complexity index is 544. The third-order valence-electron chi connectivity index (χ3n) is 2.89. The van der Waals surface area contributed by atoms with Crippen molar-refractivity contribution in [2.45, 2.75) is 20.3 Å². The van der Waals surface area contributed by atoms with Crippen LogP contribution in [0, 0.1) is 6.92 Å². The van der Waals surface area contributed by atoms with Crippen LogP contribution in [0.5, 0.6) is 0 Å². The zero-order valence-corrected chi connectivity index (χ0v) is 8.52. The summed E-state index contributed by atoms with van der Waals surface area (Å²) in [6.45, 7) is 4.30. The Hall–Kier alpha value is -1.50. The van der Waals surface area contributed by atoms with Crippen LogP contribution in [0.4, 0.5) is 0 Å². The molecule has 1 nitrogen and oxygen atoms in total. The van der Waals surface area contributed by atoms with Gasteiger partial charge in [0.05, 0.1) is 0 Å². The van der Waals surface area contributed by atoms with Crippen LogP contribution >= 0.6 is 0 Å². The SMILES string of the molecule is CC1=Cc2cc3[nH]c(C)cc3cc2C1. The molecule has 0 spiro atoms. The molecule has 0 fully saturated rings. The number of nitrogens with one attached hydrogen (secondary N) is 1. The van der Waals surface area contributed by atoms with E-state index in [9.17, 15) is 0 Å². The second-order valence-electron chi connectivity index (χ2n) is 4.26. The molecule has 70 valence electrons. The molecule has 1 aliphatic carbocycles. The lowest BCUT2D eigenvalue weighted by Gasteiger charge is -1.98. The summed E-state index contributed by atoms with van der Waals surface area (Å²) in [7, 11) is 0. The average Bonchev–Trinajstić information content (AvgIpc) is 2.59. The van der Waals surface area contributed by atoms with Gasteiger partial charge in [0.2, 0.25) is 0 Å². The van der Waals surface area contributed by atoms with Gasteiger partial charge in [-0.15, -0.1) is 0 Å². The normalized spacial score (nSPS) is 14.6. The molecule has 1 N–H and O–H groups in total. The van der Waals surface area contributed by atoms with Crippen molar-refractivity contribution in [2.75, 3.05) is 0 Å². The Balaban J connectivity index is 2.31. The van der Waals surface area contributed by atoms with Crippen molar-refractivity contribution in [2.24, 2.45) is 0 Å². The standard InChI is InChI=1S/C13H13N/c1-8-3-10-6-12-5-9(2)14-13(12)7-11(10)4-8/h4-7,14H,3H2,1-2H3. The maximum absolute atomic E-state index is 3.37. The number of aryl methyl sites for hydroxylation is 1. The van der Waals surface area contributed by atoms with Gasteiger partial charge >= 0.3 is 0 Å². The molecule has 2 aromatic rings. The molecule has 0 atom stereocenters. The molecule has 0 radical (unpaired) electrons. The lowest BCUT2D eigenvalue weighted by Crippen LogP contribution is -1.82. The molecule has 1 heteroatoms. The summed E-state index contributed by atoms with van der Waals surface area (Å²) >= 11 is 0. The molecular weight excluding hydrogens is 170 g/mol. The molecule has 0 saturated carbocycles. The van der Waals surface area contributed by atoms with Crippen molar-refractivity contribution in [1.29, 1.82) is 0 Å². The minimum atomic E-state index is 1.12. The fraction of sp³-hybridized carbons (Fsp3) is 0.231. The zero-order chi connectivity index (χ0) is 9.71. The molecule has 0 aliphatic heterocycles. The van der Waals surface area contributed by atoms with Gasteiger partial charge in [-0.2, -0.15) is 0 Å². The highest BCUT2D eigenvalue weighted by molar-refractivity contribution is 5.85. The molecule has 1 aromatic heterocycles. The maximum atomic E-state index is 3.37. The first-order valence-electron chi connectivity index (χ1n) is 5.02. The van der Waals surface area contributed by atoms with E-state index in [1.807, 2.05) is 0 Å². The summed E-state index contributed by atoms with van der Waals surface area (Å²) in [6.07, 6.45) is 3.40. The summed E-state index contributed by atoms with van der Waals surface area (Å²) in [5.74, 6) is 0. The largest absolute Gasteiger partial charge is 0.359 e. The van der Waals surface area contributed by atoms with E-state index in [0.717, 1.165) is 6.42 Å². The fourth-order valence-corrected chi connectivity index (χ4v) is 2.29. The van der Waals surface area contributed by atoms with E-state index >= 15 is 0 Å². The second kappa shape index (κ2) is 2.50. The van der Waals surface area contributed by atoms with Crippen LogP contribution < -0.4 is 0 Å². The van der Waals surface area contributed by atoms with Gasteiger partial charge < -0.3 is 4.98 Å². The molecule has 1 aromatic carbocycles. The van der Waals surface area contributed by atoms with Gasteiger partial charge in [-0.05, 0) is 55.0 Å². The van der Waals surface area contributed by atoms with E-state index in [1.54, 1.807) is 0 Å². The predicted molar refractivity (Wildman–Crippen MR) is 60.4 cm³/mol. The van der Waals surface area contributed by atoms with Crippen LogP contribution in [0.3, 0.4) is 0 Å². The summed E-state index contributed by atoms with van der Waals surface area (Å²) in [4.78, 5) is 3.37. The lowest BCUT2D eigenvalue weighted by molar-refractivity contribution is 1.20. The summed E-state index contributed by atoms with van der Waals surface area (Å²) in [5, 5.41) is 1.34. The van der Waals surface area contributed by atoms with E-state index in [-0.39, 0.29) is 0 Å². The maximum Gasteiger partial charge on any atom is 0.0462 e. The van der Waals surface area contributed by atoms with Crippen molar-refractivity contribution >= 4 is 17.0 Å². The van der Waals surface area contributed by atoms with E-state index in [2.05, 4.69) is 43.1 Å². The number of benzene rings is 1. The highest BCUT2D eigenvalue weighted by Gasteiger charge is 2.11. The molecule has 0 amide bonds. The van der Waals surface area contributed by atoms with Gasteiger partial charge in [0.1, 0.15) is 0 Å². The van der Waals surface area contributed by atoms with Gasteiger partial charge in [0, 0.05) is 11.2 Å². The van der Waals surface area contributed by atoms with Gasteiger partial charge in [0.15, 0.2) is 0 Å². The van der Waals surface area contributed by atoms with Crippen LogP contribution in [0.1, 0.15) is 23.7 Å². The van der Waals surface area contributed by atoms with E-state index in [1.165, 1.54) is 33.3 Å². The number of fused-ring (bicyclic) bond motifs is 2. The predicted octanol–water partition coefficient (Wildman–Crippen LogP) is 3.44. The minimum Gasteiger partial charge on any atom is -0.359 e. The summed E-state index contributed by atoms with van der Waals surface area (Å²) in [5.41, 5.74) is 6.81. The van der Waals surface area contributed by atoms with Crippen molar-refractivity contribution in [3.05, 3.63) is 40.6 Å². The number of hydrogen-bond donors (Lipinski definition) is 1. The van der Waals surface area contributed by atoms with Crippen LogP contribution in [0.2, 0.25) is 0 Å². The summed E-state index contributed by atoms with van der Waals surface area (Å²) < 4.78 is 0. The van der Waals surface area contributed by atoms with Gasteiger partial charge in [-0.3, -0.25) is 0 Å². The van der Waals surface area contributed by atoms with Crippen LogP contribution in [0.15, 0.2) is 23.8 Å². The topological polar surface area (TPSA) is 15.8 Å². The number of allylic oxidation sites excluding steroid dienone is 1. The third kappa shape index (κ3) is 1.02. The first-order chi connectivity index (χ1) is 6.72. The molecular formula is C13H13N. The Morgan fingerprint density at radius 3 is 2.86 bits per heavy atom. The third-order valence-corrected chi connectivity index (χ3v) is 2.89. The smallest absolute Gasteiger partial charge is 0.0462 e. The van der Waals surface area contributed by atoms with Crippen molar-refractivity contribution in [3.63, 3.8) is 0 Å². The molecule has 14 heavy (non-hydrogen) atoms. The summed E-state index contributed by atoms with van der Waals surface area (Å²) in [6, 6.07) is 6.78. The number of rotatable bonds is 0. The Morgan fingerprint density at radius 1 is 1.14 bits per heavy atom. The van der Waals surface area contributed by atoms with E-state index < -0.39 is 0 Å². The molecule has 3 rings (SSSR count). The molecule has 1 heterocycles. The molecule has 0 unspecified atom stereocenters. The quantitative estimate of drug-likeness (QED) is 0.644. The average molecular weight is 183 g/mol. The number of aromatic nitrogens is 1. The van der Waals surface area contributed by atoms with Crippen LogP contribution in [-0.2, 0) is 6.42 Å². The Kier molecular flexibility index (Phi) is 1.41. The zero-order valence-electron chi connectivity index (χ0n) is 8.52. The van der Waals surface area contributed by atoms with E-state index in [4.69, 9.17) is 0 Å². The van der Waals surface area contributed by atoms with Crippen LogP contribution in [-0.4, -0.2) is 4.98 Å². The first-order valence-corrected chi connectivity index (χ1v) is 5.02. The van der Waals surface area contributed by atoms with Crippen molar-refractivity contribution in [3.8, 4) is 0 Å². The lowest BCUT2D eigenvalue weighted by atomic mass is 10.1. The molecule has 0 bridgehead atoms. The Morgan fingerprint density at radius 2 is 2.00 bits per heavy atom. The number of H-pyrrole nitrogens is 1. The monoisotopic (exact) mass is 183 g/mol.